The lowest BCUT2D eigenvalue weighted by Crippen LogP contribution is -2.25. The predicted molar refractivity (Wildman–Crippen MR) is 148 cm³/mol. The molecular weight excluding hydrogens is 508 g/mol. The molecule has 0 spiro atoms. The van der Waals surface area contributed by atoms with Crippen molar-refractivity contribution in [3.8, 4) is 5.75 Å². The van der Waals surface area contributed by atoms with Crippen LogP contribution in [0.15, 0.2) is 82.9 Å². The highest BCUT2D eigenvalue weighted by Crippen LogP contribution is 2.39. The summed E-state index contributed by atoms with van der Waals surface area (Å²) in [6, 6.07) is 22.8. The number of benzene rings is 3. The molecule has 2 atom stereocenters. The number of thioether (sulfide) groups is 1. The summed E-state index contributed by atoms with van der Waals surface area (Å²) in [6.45, 7) is 2.04. The zero-order valence-electron chi connectivity index (χ0n) is 20.3. The van der Waals surface area contributed by atoms with E-state index in [1.165, 1.54) is 17.3 Å². The van der Waals surface area contributed by atoms with Gasteiger partial charge < -0.3 is 10.1 Å². The van der Waals surface area contributed by atoms with Crippen molar-refractivity contribution in [3.63, 3.8) is 0 Å². The highest BCUT2D eigenvalue weighted by molar-refractivity contribution is 8.15. The lowest BCUT2D eigenvalue weighted by atomic mass is 9.98. The van der Waals surface area contributed by atoms with Gasteiger partial charge in [0, 0.05) is 17.9 Å². The van der Waals surface area contributed by atoms with Crippen LogP contribution in [-0.2, 0) is 9.59 Å². The molecule has 37 heavy (non-hydrogen) atoms. The van der Waals surface area contributed by atoms with Crippen molar-refractivity contribution in [2.75, 3.05) is 12.4 Å². The summed E-state index contributed by atoms with van der Waals surface area (Å²) in [5.41, 5.74) is 4.62. The quantitative estimate of drug-likeness (QED) is 0.431. The van der Waals surface area contributed by atoms with Crippen molar-refractivity contribution in [1.29, 1.82) is 0 Å². The number of nitrogens with one attached hydrogen (secondary N) is 1. The van der Waals surface area contributed by atoms with Gasteiger partial charge >= 0.3 is 0 Å². The first kappa shape index (κ1) is 25.0. The van der Waals surface area contributed by atoms with Crippen LogP contribution in [0, 0.1) is 6.92 Å². The molecule has 1 N–H and O–H groups in total. The number of carbonyl (C=O) groups is 2. The maximum Gasteiger partial charge on any atom is 0.262 e. The van der Waals surface area contributed by atoms with E-state index in [1.54, 1.807) is 24.3 Å². The van der Waals surface area contributed by atoms with Crippen molar-refractivity contribution in [2.24, 2.45) is 10.1 Å². The second-order valence-corrected chi connectivity index (χ2v) is 10.4. The van der Waals surface area contributed by atoms with E-state index >= 15 is 0 Å². The maximum absolute atomic E-state index is 12.8. The SMILES string of the molecule is COc1ccccc1NC(=O)C[C@@H]1SC(N2N=C(c3ccc(C)cc3)C[C@@H]2c2cccc(Cl)c2)=NC1=O. The van der Waals surface area contributed by atoms with Crippen molar-refractivity contribution < 1.29 is 14.3 Å². The summed E-state index contributed by atoms with van der Waals surface area (Å²) >= 11 is 7.56. The van der Waals surface area contributed by atoms with Gasteiger partial charge in [-0.3, -0.25) is 9.59 Å². The minimum atomic E-state index is -0.636. The van der Waals surface area contributed by atoms with Crippen LogP contribution >= 0.6 is 23.4 Å². The number of hydrazone groups is 1. The Kier molecular flexibility index (Phi) is 7.30. The molecule has 2 aliphatic rings. The molecule has 0 radical (unpaired) electrons. The van der Waals surface area contributed by atoms with Crippen LogP contribution in [-0.4, -0.2) is 40.1 Å². The molecule has 0 saturated heterocycles. The molecule has 2 amide bonds. The Hall–Kier alpha value is -3.62. The average Bonchev–Trinajstić information content (AvgIpc) is 3.49. The number of aliphatic imine (C=N–C) groups is 1. The van der Waals surface area contributed by atoms with E-state index < -0.39 is 5.25 Å². The van der Waals surface area contributed by atoms with Crippen molar-refractivity contribution in [3.05, 3.63) is 94.5 Å². The molecule has 3 aromatic rings. The summed E-state index contributed by atoms with van der Waals surface area (Å²) in [7, 11) is 1.54. The second kappa shape index (κ2) is 10.8. The number of methoxy groups -OCH3 is 1. The number of amidine groups is 1. The minimum Gasteiger partial charge on any atom is -0.495 e. The molecule has 7 nitrogen and oxygen atoms in total. The number of halogens is 1. The Morgan fingerprint density at radius 3 is 2.68 bits per heavy atom. The molecule has 0 bridgehead atoms. The first-order valence-electron chi connectivity index (χ1n) is 11.8. The maximum atomic E-state index is 12.8. The Labute approximate surface area is 224 Å². The van der Waals surface area contributed by atoms with Crippen LogP contribution in [0.2, 0.25) is 5.02 Å². The number of hydrogen-bond donors (Lipinski definition) is 1. The molecule has 0 unspecified atom stereocenters. The zero-order valence-corrected chi connectivity index (χ0v) is 21.9. The van der Waals surface area contributed by atoms with E-state index in [-0.39, 0.29) is 24.3 Å². The number of para-hydroxylation sites is 2. The smallest absolute Gasteiger partial charge is 0.262 e. The van der Waals surface area contributed by atoms with Crippen LogP contribution in [0.4, 0.5) is 5.69 Å². The molecule has 0 aliphatic carbocycles. The first-order chi connectivity index (χ1) is 17.9. The molecule has 0 aromatic heterocycles. The van der Waals surface area contributed by atoms with Crippen LogP contribution < -0.4 is 10.1 Å². The van der Waals surface area contributed by atoms with Gasteiger partial charge in [0.05, 0.1) is 24.6 Å². The molecular formula is C28H25ClN4O3S. The van der Waals surface area contributed by atoms with E-state index in [9.17, 15) is 9.59 Å². The van der Waals surface area contributed by atoms with Crippen LogP contribution in [0.3, 0.4) is 0 Å². The average molecular weight is 533 g/mol. The standard InChI is InChI=1S/C28H25ClN4O3S/c1-17-10-12-18(13-11-17)22-15-23(19-6-5-7-20(29)14-19)33(32-22)28-31-27(35)25(37-28)16-26(34)30-21-8-3-4-9-24(21)36-2/h3-14,23,25H,15-16H2,1-2H3,(H,30,34)/t23-,25+/m1/s1. The monoisotopic (exact) mass is 532 g/mol. The molecule has 3 aromatic carbocycles. The van der Waals surface area contributed by atoms with Gasteiger partial charge in [-0.2, -0.15) is 10.1 Å². The van der Waals surface area contributed by atoms with Crippen LogP contribution in [0.1, 0.15) is 35.6 Å². The van der Waals surface area contributed by atoms with Gasteiger partial charge in [-0.25, -0.2) is 5.01 Å². The molecule has 2 heterocycles. The van der Waals surface area contributed by atoms with E-state index in [0.717, 1.165) is 16.8 Å². The van der Waals surface area contributed by atoms with Gasteiger partial charge in [0.1, 0.15) is 11.0 Å². The molecule has 2 aliphatic heterocycles. The highest BCUT2D eigenvalue weighted by Gasteiger charge is 2.39. The van der Waals surface area contributed by atoms with Crippen molar-refractivity contribution in [1.82, 2.24) is 5.01 Å². The minimum absolute atomic E-state index is 0.0151. The van der Waals surface area contributed by atoms with E-state index in [2.05, 4.69) is 22.4 Å². The Balaban J connectivity index is 1.35. The van der Waals surface area contributed by atoms with Gasteiger partial charge in [-0.05, 0) is 42.3 Å². The fraction of sp³-hybridized carbons (Fsp3) is 0.214. The summed E-state index contributed by atoms with van der Waals surface area (Å²) in [5.74, 6) is -0.0833. The third kappa shape index (κ3) is 5.55. The van der Waals surface area contributed by atoms with Gasteiger partial charge in [0.15, 0.2) is 5.17 Å². The number of aryl methyl sites for hydroxylation is 1. The topological polar surface area (TPSA) is 83.4 Å². The second-order valence-electron chi connectivity index (χ2n) is 8.82. The largest absolute Gasteiger partial charge is 0.495 e. The molecule has 9 heteroatoms. The fourth-order valence-corrected chi connectivity index (χ4v) is 5.56. The molecule has 0 saturated carbocycles. The number of anilines is 1. The van der Waals surface area contributed by atoms with E-state index in [4.69, 9.17) is 21.4 Å². The van der Waals surface area contributed by atoms with E-state index in [1.807, 2.05) is 55.5 Å². The number of nitrogens with zero attached hydrogens (tertiary/aromatic N) is 3. The Bertz CT molecular complexity index is 1410. The normalized spacial score (nSPS) is 19.0. The van der Waals surface area contributed by atoms with Gasteiger partial charge in [0.2, 0.25) is 5.91 Å². The van der Waals surface area contributed by atoms with Crippen molar-refractivity contribution in [2.45, 2.75) is 31.1 Å². The summed E-state index contributed by atoms with van der Waals surface area (Å²) in [5, 5.41) is 9.98. The number of amides is 2. The van der Waals surface area contributed by atoms with Crippen molar-refractivity contribution >= 4 is 51.7 Å². The lowest BCUT2D eigenvalue weighted by molar-refractivity contribution is -0.121. The molecule has 5 rings (SSSR count). The number of carbonyl (C=O) groups excluding carboxylic acids is 2. The Morgan fingerprint density at radius 1 is 1.14 bits per heavy atom. The predicted octanol–water partition coefficient (Wildman–Crippen LogP) is 5.83. The number of ether oxygens (including phenoxy) is 1. The number of hydrogen-bond acceptors (Lipinski definition) is 6. The van der Waals surface area contributed by atoms with Gasteiger partial charge in [-0.15, -0.1) is 0 Å². The lowest BCUT2D eigenvalue weighted by Gasteiger charge is -2.23. The summed E-state index contributed by atoms with van der Waals surface area (Å²) in [4.78, 5) is 29.9. The van der Waals surface area contributed by atoms with E-state index in [0.29, 0.717) is 28.0 Å². The summed E-state index contributed by atoms with van der Waals surface area (Å²) < 4.78 is 5.30. The summed E-state index contributed by atoms with van der Waals surface area (Å²) in [6.07, 6.45) is 0.620. The number of rotatable bonds is 6. The van der Waals surface area contributed by atoms with Crippen LogP contribution in [0.5, 0.6) is 5.75 Å². The third-order valence-electron chi connectivity index (χ3n) is 6.21. The molecule has 188 valence electrons. The third-order valence-corrected chi connectivity index (χ3v) is 7.58. The fourth-order valence-electron chi connectivity index (χ4n) is 4.30. The van der Waals surface area contributed by atoms with Crippen LogP contribution in [0.25, 0.3) is 0 Å². The first-order valence-corrected chi connectivity index (χ1v) is 13.1. The van der Waals surface area contributed by atoms with Gasteiger partial charge in [-0.1, -0.05) is 77.5 Å². The highest BCUT2D eigenvalue weighted by atomic mass is 35.5. The zero-order chi connectivity index (χ0) is 25.9. The van der Waals surface area contributed by atoms with Gasteiger partial charge in [0.25, 0.3) is 5.91 Å². The molecule has 0 fully saturated rings. The Morgan fingerprint density at radius 2 is 1.92 bits per heavy atom.